The standard InChI is InChI=1S/C26H22ClN3O2S/c27-20-9-11-21(12-10-20)28-26-30(14-4-7-18-5-2-1-3-6-18)23(17-33-26)19-8-13-24-22(15-19)29-25(31)16-32-24/h1-3,5-6,8-13,15,17H,4,7,14,16H2,(H,29,31). The summed E-state index contributed by atoms with van der Waals surface area (Å²) in [5.74, 6) is 0.550. The van der Waals surface area contributed by atoms with Crippen LogP contribution in [0, 0.1) is 0 Å². The number of aryl methyl sites for hydroxylation is 1. The number of carbonyl (C=O) groups excluding carboxylic acids is 1. The smallest absolute Gasteiger partial charge is 0.262 e. The Hall–Kier alpha value is -3.35. The number of fused-ring (bicyclic) bond motifs is 1. The first-order valence-corrected chi connectivity index (χ1v) is 12.0. The highest BCUT2D eigenvalue weighted by molar-refractivity contribution is 7.07. The molecule has 0 spiro atoms. The van der Waals surface area contributed by atoms with Crippen LogP contribution in [-0.2, 0) is 17.8 Å². The second-order valence-electron chi connectivity index (χ2n) is 7.78. The third-order valence-electron chi connectivity index (χ3n) is 5.45. The van der Waals surface area contributed by atoms with Crippen molar-refractivity contribution in [2.75, 3.05) is 11.9 Å². The molecule has 0 radical (unpaired) electrons. The molecule has 0 aliphatic carbocycles. The van der Waals surface area contributed by atoms with E-state index in [4.69, 9.17) is 21.3 Å². The number of benzene rings is 3. The number of halogens is 1. The van der Waals surface area contributed by atoms with E-state index in [9.17, 15) is 4.79 Å². The van der Waals surface area contributed by atoms with E-state index in [2.05, 4.69) is 39.5 Å². The first-order valence-electron chi connectivity index (χ1n) is 10.8. The second-order valence-corrected chi connectivity index (χ2v) is 9.05. The number of nitrogens with zero attached hydrogens (tertiary/aromatic N) is 2. The van der Waals surface area contributed by atoms with Crippen molar-refractivity contribution >= 4 is 40.2 Å². The quantitative estimate of drug-likeness (QED) is 0.368. The van der Waals surface area contributed by atoms with Gasteiger partial charge in [0.25, 0.3) is 5.91 Å². The van der Waals surface area contributed by atoms with Gasteiger partial charge in [0.15, 0.2) is 11.4 Å². The van der Waals surface area contributed by atoms with Crippen LogP contribution in [0.1, 0.15) is 12.0 Å². The molecule has 0 saturated heterocycles. The Morgan fingerprint density at radius 3 is 2.70 bits per heavy atom. The molecule has 0 saturated carbocycles. The molecule has 7 heteroatoms. The van der Waals surface area contributed by atoms with Gasteiger partial charge in [-0.2, -0.15) is 0 Å². The Morgan fingerprint density at radius 2 is 1.88 bits per heavy atom. The number of anilines is 1. The molecule has 5 nitrogen and oxygen atoms in total. The van der Waals surface area contributed by atoms with Crippen LogP contribution in [0.25, 0.3) is 11.3 Å². The van der Waals surface area contributed by atoms with Gasteiger partial charge in [-0.25, -0.2) is 4.99 Å². The summed E-state index contributed by atoms with van der Waals surface area (Å²) in [5.41, 5.74) is 4.94. The lowest BCUT2D eigenvalue weighted by molar-refractivity contribution is -0.118. The molecule has 33 heavy (non-hydrogen) atoms. The van der Waals surface area contributed by atoms with E-state index < -0.39 is 0 Å². The number of carbonyl (C=O) groups is 1. The topological polar surface area (TPSA) is 55.6 Å². The predicted molar refractivity (Wildman–Crippen MR) is 133 cm³/mol. The average molecular weight is 476 g/mol. The summed E-state index contributed by atoms with van der Waals surface area (Å²) in [6.45, 7) is 0.870. The van der Waals surface area contributed by atoms with Crippen LogP contribution in [0.5, 0.6) is 5.75 Å². The zero-order valence-corrected chi connectivity index (χ0v) is 19.4. The van der Waals surface area contributed by atoms with E-state index in [1.54, 1.807) is 11.3 Å². The SMILES string of the molecule is O=C1COc2ccc(-c3csc(=Nc4ccc(Cl)cc4)n3CCCc3ccccc3)cc2N1. The summed E-state index contributed by atoms with van der Waals surface area (Å²) >= 11 is 7.64. The Labute approximate surface area is 201 Å². The number of rotatable bonds is 6. The van der Waals surface area contributed by atoms with E-state index >= 15 is 0 Å². The largest absolute Gasteiger partial charge is 0.482 e. The highest BCUT2D eigenvalue weighted by Crippen LogP contribution is 2.33. The fraction of sp³-hybridized carbons (Fsp3) is 0.154. The number of amides is 1. The van der Waals surface area contributed by atoms with Crippen molar-refractivity contribution in [1.29, 1.82) is 0 Å². The number of ether oxygens (including phenoxy) is 1. The Kier molecular flexibility index (Phi) is 6.28. The molecule has 0 bridgehead atoms. The number of nitrogens with one attached hydrogen (secondary N) is 1. The van der Waals surface area contributed by atoms with Crippen LogP contribution in [0.3, 0.4) is 0 Å². The van der Waals surface area contributed by atoms with Crippen LogP contribution in [-0.4, -0.2) is 17.1 Å². The zero-order chi connectivity index (χ0) is 22.6. The molecule has 3 aromatic carbocycles. The van der Waals surface area contributed by atoms with Gasteiger partial charge in [0.2, 0.25) is 0 Å². The van der Waals surface area contributed by atoms with Gasteiger partial charge in [-0.15, -0.1) is 11.3 Å². The van der Waals surface area contributed by atoms with Crippen molar-refractivity contribution in [1.82, 2.24) is 4.57 Å². The lowest BCUT2D eigenvalue weighted by Gasteiger charge is -2.19. The van der Waals surface area contributed by atoms with E-state index in [-0.39, 0.29) is 12.5 Å². The van der Waals surface area contributed by atoms with E-state index in [1.165, 1.54) is 5.56 Å². The summed E-state index contributed by atoms with van der Waals surface area (Å²) in [5, 5.41) is 5.71. The highest BCUT2D eigenvalue weighted by Gasteiger charge is 2.18. The van der Waals surface area contributed by atoms with Crippen molar-refractivity contribution in [2.45, 2.75) is 19.4 Å². The molecule has 5 rings (SSSR count). The molecule has 4 aromatic rings. The summed E-state index contributed by atoms with van der Waals surface area (Å²) in [6.07, 6.45) is 1.96. The molecule has 0 atom stereocenters. The summed E-state index contributed by atoms with van der Waals surface area (Å²) in [4.78, 5) is 17.6. The fourth-order valence-electron chi connectivity index (χ4n) is 3.82. The summed E-state index contributed by atoms with van der Waals surface area (Å²) in [7, 11) is 0. The summed E-state index contributed by atoms with van der Waals surface area (Å²) < 4.78 is 7.76. The van der Waals surface area contributed by atoms with E-state index in [0.29, 0.717) is 16.5 Å². The van der Waals surface area contributed by atoms with Crippen LogP contribution >= 0.6 is 22.9 Å². The van der Waals surface area contributed by atoms with Crippen molar-refractivity contribution in [2.24, 2.45) is 4.99 Å². The van der Waals surface area contributed by atoms with Crippen molar-refractivity contribution < 1.29 is 9.53 Å². The van der Waals surface area contributed by atoms with Crippen molar-refractivity contribution in [3.05, 3.63) is 93.6 Å². The van der Waals surface area contributed by atoms with Crippen LogP contribution < -0.4 is 14.9 Å². The number of hydrogen-bond donors (Lipinski definition) is 1. The molecule has 0 fully saturated rings. The Morgan fingerprint density at radius 1 is 1.06 bits per heavy atom. The molecule has 166 valence electrons. The minimum atomic E-state index is -0.140. The average Bonchev–Trinajstić information content (AvgIpc) is 3.23. The first-order chi connectivity index (χ1) is 16.2. The maximum absolute atomic E-state index is 11.8. The normalized spacial score (nSPS) is 13.4. The predicted octanol–water partition coefficient (Wildman–Crippen LogP) is 6.07. The third-order valence-corrected chi connectivity index (χ3v) is 6.56. The van der Waals surface area contributed by atoms with Crippen molar-refractivity contribution in [3.63, 3.8) is 0 Å². The second kappa shape index (κ2) is 9.65. The molecule has 2 heterocycles. The fourth-order valence-corrected chi connectivity index (χ4v) is 4.90. The Balaban J connectivity index is 1.50. The van der Waals surface area contributed by atoms with Gasteiger partial charge in [0.05, 0.1) is 17.1 Å². The maximum Gasteiger partial charge on any atom is 0.262 e. The molecule has 1 aliphatic heterocycles. The van der Waals surface area contributed by atoms with Gasteiger partial charge in [0.1, 0.15) is 5.75 Å². The lowest BCUT2D eigenvalue weighted by atomic mass is 10.1. The molecule has 1 aromatic heterocycles. The monoisotopic (exact) mass is 475 g/mol. The number of hydrogen-bond acceptors (Lipinski definition) is 4. The Bertz CT molecular complexity index is 1340. The van der Waals surface area contributed by atoms with Gasteiger partial charge in [-0.3, -0.25) is 4.79 Å². The minimum absolute atomic E-state index is 0.0500. The first kappa shape index (κ1) is 21.5. The van der Waals surface area contributed by atoms with Crippen LogP contribution in [0.2, 0.25) is 5.02 Å². The minimum Gasteiger partial charge on any atom is -0.482 e. The van der Waals surface area contributed by atoms with E-state index in [1.807, 2.05) is 48.5 Å². The van der Waals surface area contributed by atoms with Gasteiger partial charge in [-0.05, 0) is 60.9 Å². The molecule has 1 N–H and O–H groups in total. The van der Waals surface area contributed by atoms with Gasteiger partial charge in [0, 0.05) is 22.5 Å². The van der Waals surface area contributed by atoms with Gasteiger partial charge in [-0.1, -0.05) is 41.9 Å². The lowest BCUT2D eigenvalue weighted by Crippen LogP contribution is -2.25. The molecule has 1 amide bonds. The van der Waals surface area contributed by atoms with Gasteiger partial charge < -0.3 is 14.6 Å². The third kappa shape index (κ3) is 5.02. The molecular formula is C26H22ClN3O2S. The van der Waals surface area contributed by atoms with Crippen molar-refractivity contribution in [3.8, 4) is 17.0 Å². The maximum atomic E-state index is 11.8. The number of aromatic nitrogens is 1. The number of thiazole rings is 1. The summed E-state index contributed by atoms with van der Waals surface area (Å²) in [6, 6.07) is 23.9. The zero-order valence-electron chi connectivity index (χ0n) is 17.8. The highest BCUT2D eigenvalue weighted by atomic mass is 35.5. The van der Waals surface area contributed by atoms with Crippen LogP contribution in [0.15, 0.2) is 83.2 Å². The van der Waals surface area contributed by atoms with Gasteiger partial charge >= 0.3 is 0 Å². The molecular weight excluding hydrogens is 454 g/mol. The molecule has 0 unspecified atom stereocenters. The van der Waals surface area contributed by atoms with E-state index in [0.717, 1.165) is 41.1 Å². The molecule has 1 aliphatic rings. The van der Waals surface area contributed by atoms with Crippen LogP contribution in [0.4, 0.5) is 11.4 Å².